The molecule has 1 rings (SSSR count). The zero-order valence-corrected chi connectivity index (χ0v) is 12.0. The average molecular weight is 255 g/mol. The highest BCUT2D eigenvalue weighted by atomic mass is 16.2. The molecule has 0 aromatic rings. The van der Waals surface area contributed by atoms with E-state index < -0.39 is 0 Å². The molecule has 1 fully saturated rings. The molecule has 4 nitrogen and oxygen atoms in total. The van der Waals surface area contributed by atoms with Gasteiger partial charge in [0.05, 0.1) is 0 Å². The molecule has 4 heteroatoms. The predicted molar refractivity (Wildman–Crippen MR) is 75.5 cm³/mol. The molecule has 1 aliphatic rings. The Morgan fingerprint density at radius 3 is 2.56 bits per heavy atom. The summed E-state index contributed by atoms with van der Waals surface area (Å²) >= 11 is 0. The van der Waals surface area contributed by atoms with Crippen molar-refractivity contribution in [3.8, 4) is 0 Å². The van der Waals surface area contributed by atoms with Crippen LogP contribution in [0.5, 0.6) is 0 Å². The minimum absolute atomic E-state index is 0.277. The van der Waals surface area contributed by atoms with Gasteiger partial charge in [-0.2, -0.15) is 0 Å². The van der Waals surface area contributed by atoms with Crippen LogP contribution < -0.4 is 11.1 Å². The molecular weight excluding hydrogens is 226 g/mol. The van der Waals surface area contributed by atoms with Gasteiger partial charge in [0.15, 0.2) is 0 Å². The Hall–Kier alpha value is -0.770. The van der Waals surface area contributed by atoms with Gasteiger partial charge in [0, 0.05) is 25.2 Å². The quantitative estimate of drug-likeness (QED) is 0.687. The van der Waals surface area contributed by atoms with Crippen LogP contribution in [0.2, 0.25) is 0 Å². The fraction of sp³-hybridized carbons (Fsp3) is 0.929. The number of rotatable bonds is 7. The molecule has 1 heterocycles. The Morgan fingerprint density at radius 1 is 1.33 bits per heavy atom. The third kappa shape index (κ3) is 5.71. The molecule has 2 amide bonds. The molecule has 0 aromatic heterocycles. The van der Waals surface area contributed by atoms with Crippen LogP contribution in [0.15, 0.2) is 0 Å². The SMILES string of the molecule is CCCCCCC(C)NC1CCN(C(N)=O)CC1. The van der Waals surface area contributed by atoms with Crippen LogP contribution in [0.1, 0.15) is 58.8 Å². The second-order valence-electron chi connectivity index (χ2n) is 5.52. The van der Waals surface area contributed by atoms with Gasteiger partial charge in [0.1, 0.15) is 0 Å². The summed E-state index contributed by atoms with van der Waals surface area (Å²) < 4.78 is 0. The lowest BCUT2D eigenvalue weighted by Crippen LogP contribution is -2.48. The third-order valence-electron chi connectivity index (χ3n) is 3.82. The number of primary amides is 1. The molecule has 0 bridgehead atoms. The van der Waals surface area contributed by atoms with Crippen molar-refractivity contribution < 1.29 is 4.79 Å². The highest BCUT2D eigenvalue weighted by molar-refractivity contribution is 5.72. The van der Waals surface area contributed by atoms with E-state index in [1.54, 1.807) is 4.90 Å². The predicted octanol–water partition coefficient (Wildman–Crippen LogP) is 2.48. The number of carbonyl (C=O) groups excluding carboxylic acids is 1. The minimum Gasteiger partial charge on any atom is -0.351 e. The number of nitrogens with zero attached hydrogens (tertiary/aromatic N) is 1. The lowest BCUT2D eigenvalue weighted by Gasteiger charge is -2.33. The van der Waals surface area contributed by atoms with E-state index in [0.717, 1.165) is 25.9 Å². The van der Waals surface area contributed by atoms with E-state index in [1.807, 2.05) is 0 Å². The van der Waals surface area contributed by atoms with Gasteiger partial charge in [0.25, 0.3) is 0 Å². The number of piperidine rings is 1. The number of unbranched alkanes of at least 4 members (excludes halogenated alkanes) is 3. The van der Waals surface area contributed by atoms with Crippen molar-refractivity contribution in [2.75, 3.05) is 13.1 Å². The van der Waals surface area contributed by atoms with E-state index in [4.69, 9.17) is 5.73 Å². The van der Waals surface area contributed by atoms with Crippen molar-refractivity contribution in [2.45, 2.75) is 70.9 Å². The Morgan fingerprint density at radius 2 is 2.00 bits per heavy atom. The van der Waals surface area contributed by atoms with Gasteiger partial charge in [-0.15, -0.1) is 0 Å². The van der Waals surface area contributed by atoms with Crippen LogP contribution in [0.25, 0.3) is 0 Å². The highest BCUT2D eigenvalue weighted by Crippen LogP contribution is 2.12. The zero-order valence-electron chi connectivity index (χ0n) is 12.0. The van der Waals surface area contributed by atoms with Crippen LogP contribution in [0.3, 0.4) is 0 Å². The lowest BCUT2D eigenvalue weighted by molar-refractivity contribution is 0.182. The first-order chi connectivity index (χ1) is 8.63. The molecule has 106 valence electrons. The van der Waals surface area contributed by atoms with Crippen LogP contribution >= 0.6 is 0 Å². The average Bonchev–Trinajstić information content (AvgIpc) is 2.35. The number of amides is 2. The molecule has 0 radical (unpaired) electrons. The number of nitrogens with one attached hydrogen (secondary N) is 1. The van der Waals surface area contributed by atoms with E-state index >= 15 is 0 Å². The lowest BCUT2D eigenvalue weighted by atomic mass is 10.0. The van der Waals surface area contributed by atoms with E-state index in [9.17, 15) is 4.79 Å². The summed E-state index contributed by atoms with van der Waals surface area (Å²) in [4.78, 5) is 12.8. The number of carbonyl (C=O) groups is 1. The number of nitrogens with two attached hydrogens (primary N) is 1. The fourth-order valence-electron chi connectivity index (χ4n) is 2.63. The molecule has 1 saturated heterocycles. The Kier molecular flexibility index (Phi) is 7.09. The molecule has 0 aliphatic carbocycles. The first kappa shape index (κ1) is 15.3. The van der Waals surface area contributed by atoms with Crippen LogP contribution in [-0.4, -0.2) is 36.1 Å². The van der Waals surface area contributed by atoms with Crippen molar-refractivity contribution in [1.82, 2.24) is 10.2 Å². The van der Waals surface area contributed by atoms with E-state index in [2.05, 4.69) is 19.2 Å². The van der Waals surface area contributed by atoms with E-state index in [0.29, 0.717) is 12.1 Å². The van der Waals surface area contributed by atoms with Crippen molar-refractivity contribution in [3.63, 3.8) is 0 Å². The van der Waals surface area contributed by atoms with Gasteiger partial charge >= 0.3 is 6.03 Å². The Balaban J connectivity index is 2.10. The topological polar surface area (TPSA) is 58.4 Å². The largest absolute Gasteiger partial charge is 0.351 e. The van der Waals surface area contributed by atoms with Crippen molar-refractivity contribution in [3.05, 3.63) is 0 Å². The number of hydrogen-bond acceptors (Lipinski definition) is 2. The monoisotopic (exact) mass is 255 g/mol. The van der Waals surface area contributed by atoms with E-state index in [-0.39, 0.29) is 6.03 Å². The zero-order chi connectivity index (χ0) is 13.4. The van der Waals surface area contributed by atoms with Crippen LogP contribution in [-0.2, 0) is 0 Å². The maximum atomic E-state index is 11.0. The Bertz CT molecular complexity index is 237. The smallest absolute Gasteiger partial charge is 0.314 e. The fourth-order valence-corrected chi connectivity index (χ4v) is 2.63. The third-order valence-corrected chi connectivity index (χ3v) is 3.82. The molecule has 1 unspecified atom stereocenters. The standard InChI is InChI=1S/C14H29N3O/c1-3-4-5-6-7-12(2)16-13-8-10-17(11-9-13)14(15)18/h12-13,16H,3-11H2,1-2H3,(H2,15,18). The summed E-state index contributed by atoms with van der Waals surface area (Å²) in [5.74, 6) is 0. The van der Waals surface area contributed by atoms with Gasteiger partial charge in [-0.1, -0.05) is 32.6 Å². The van der Waals surface area contributed by atoms with Gasteiger partial charge in [-0.25, -0.2) is 4.79 Å². The van der Waals surface area contributed by atoms with Crippen molar-refractivity contribution >= 4 is 6.03 Å². The first-order valence-electron chi connectivity index (χ1n) is 7.44. The van der Waals surface area contributed by atoms with Crippen molar-refractivity contribution in [2.24, 2.45) is 5.73 Å². The van der Waals surface area contributed by atoms with Gasteiger partial charge in [0.2, 0.25) is 0 Å². The Labute approximate surface area is 111 Å². The first-order valence-corrected chi connectivity index (χ1v) is 7.44. The van der Waals surface area contributed by atoms with Crippen LogP contribution in [0.4, 0.5) is 4.79 Å². The normalized spacial score (nSPS) is 18.9. The number of urea groups is 1. The summed E-state index contributed by atoms with van der Waals surface area (Å²) in [6.45, 7) is 6.12. The molecule has 1 atom stereocenters. The summed E-state index contributed by atoms with van der Waals surface area (Å²) in [6.07, 6.45) is 8.64. The summed E-state index contributed by atoms with van der Waals surface area (Å²) in [7, 11) is 0. The van der Waals surface area contributed by atoms with Gasteiger partial charge < -0.3 is 16.0 Å². The number of likely N-dealkylation sites (tertiary alicyclic amines) is 1. The minimum atomic E-state index is -0.277. The maximum absolute atomic E-state index is 11.0. The maximum Gasteiger partial charge on any atom is 0.314 e. The summed E-state index contributed by atoms with van der Waals surface area (Å²) in [5.41, 5.74) is 5.27. The molecule has 1 aliphatic heterocycles. The molecule has 0 saturated carbocycles. The van der Waals surface area contributed by atoms with Gasteiger partial charge in [-0.05, 0) is 26.2 Å². The van der Waals surface area contributed by atoms with Gasteiger partial charge in [-0.3, -0.25) is 0 Å². The molecule has 0 aromatic carbocycles. The summed E-state index contributed by atoms with van der Waals surface area (Å²) in [6, 6.07) is 0.870. The second kappa shape index (κ2) is 8.35. The summed E-state index contributed by atoms with van der Waals surface area (Å²) in [5, 5.41) is 3.68. The molecular formula is C14H29N3O. The molecule has 3 N–H and O–H groups in total. The van der Waals surface area contributed by atoms with Crippen molar-refractivity contribution in [1.29, 1.82) is 0 Å². The highest BCUT2D eigenvalue weighted by Gasteiger charge is 2.21. The molecule has 0 spiro atoms. The second-order valence-corrected chi connectivity index (χ2v) is 5.52. The van der Waals surface area contributed by atoms with E-state index in [1.165, 1.54) is 32.1 Å². The molecule has 18 heavy (non-hydrogen) atoms. The number of hydrogen-bond donors (Lipinski definition) is 2. The van der Waals surface area contributed by atoms with Crippen LogP contribution in [0, 0.1) is 0 Å².